The Labute approximate surface area is 81.2 Å². The first-order chi connectivity index (χ1) is 6.61. The molecule has 0 aromatic rings. The maximum atomic E-state index is 11.2. The van der Waals surface area contributed by atoms with Gasteiger partial charge in [-0.25, -0.2) is 10.2 Å². The van der Waals surface area contributed by atoms with Crippen LogP contribution in [0.15, 0.2) is 5.10 Å². The smallest absolute Gasteiger partial charge is 0.362 e. The Morgan fingerprint density at radius 1 is 1.86 bits per heavy atom. The van der Waals surface area contributed by atoms with Crippen molar-refractivity contribution in [3.8, 4) is 0 Å². The monoisotopic (exact) mass is 200 g/mol. The normalized spacial score (nSPS) is 22.9. The zero-order valence-electron chi connectivity index (χ0n) is 7.77. The van der Waals surface area contributed by atoms with Crippen molar-refractivity contribution < 1.29 is 20.4 Å². The average Bonchev–Trinajstić information content (AvgIpc) is 2.16. The number of amides is 1. The number of hydrogen-bond acceptors (Lipinski definition) is 3. The molecule has 78 valence electrons. The van der Waals surface area contributed by atoms with E-state index in [2.05, 4.69) is 16.3 Å². The summed E-state index contributed by atoms with van der Waals surface area (Å²) in [7, 11) is 0. The molecular weight excluding hydrogens is 186 g/mol. The molecule has 1 amide bonds. The lowest BCUT2D eigenvalue weighted by atomic mass is 9.96. The van der Waals surface area contributed by atoms with Crippen molar-refractivity contribution in [1.82, 2.24) is 5.43 Å². The number of rotatable bonds is 4. The van der Waals surface area contributed by atoms with Gasteiger partial charge in [-0.1, -0.05) is 0 Å². The van der Waals surface area contributed by atoms with Crippen LogP contribution < -0.4 is 11.2 Å². The van der Waals surface area contributed by atoms with Crippen LogP contribution in [0.2, 0.25) is 0 Å². The van der Waals surface area contributed by atoms with Crippen LogP contribution in [0.5, 0.6) is 0 Å². The van der Waals surface area contributed by atoms with Gasteiger partial charge >= 0.3 is 5.97 Å². The fourth-order valence-corrected chi connectivity index (χ4v) is 1.26. The molecule has 1 heterocycles. The zero-order chi connectivity index (χ0) is 10.6. The molecule has 0 aliphatic carbocycles. The maximum Gasteiger partial charge on any atom is 0.362 e. The van der Waals surface area contributed by atoms with Crippen LogP contribution in [-0.4, -0.2) is 29.2 Å². The highest BCUT2D eigenvalue weighted by Crippen LogP contribution is 2.13. The predicted molar refractivity (Wildman–Crippen MR) is 48.3 cm³/mol. The lowest BCUT2D eigenvalue weighted by Crippen LogP contribution is -2.65. The molecule has 5 N–H and O–H groups in total. The fourth-order valence-electron chi connectivity index (χ4n) is 1.26. The maximum absolute atomic E-state index is 11.2. The quantitative estimate of drug-likeness (QED) is 0.518. The lowest BCUT2D eigenvalue weighted by molar-refractivity contribution is -0.409. The topological polar surface area (TPSA) is 106 Å². The van der Waals surface area contributed by atoms with Crippen molar-refractivity contribution in [3.05, 3.63) is 0 Å². The van der Waals surface area contributed by atoms with Gasteiger partial charge < -0.3 is 10.8 Å². The molecular formula is C8H14N3O3+. The van der Waals surface area contributed by atoms with Gasteiger partial charge in [0, 0.05) is 18.6 Å². The standard InChI is InChI=1S/C8H13N3O3/c9-6(8(13)14)2-1-5-3-4-10-11-7(5)12/h4-6H,1-3,9H2,(H,11,12)(H,13,14)/p+1. The Kier molecular flexibility index (Phi) is 3.58. The van der Waals surface area contributed by atoms with Gasteiger partial charge in [0.05, 0.1) is 0 Å². The molecule has 6 heteroatoms. The van der Waals surface area contributed by atoms with E-state index in [-0.39, 0.29) is 11.8 Å². The molecule has 1 aliphatic rings. The Morgan fingerprint density at radius 2 is 2.57 bits per heavy atom. The predicted octanol–water partition coefficient (Wildman–Crippen LogP) is -1.42. The highest BCUT2D eigenvalue weighted by Gasteiger charge is 2.23. The molecule has 2 unspecified atom stereocenters. The molecule has 1 aliphatic heterocycles. The molecule has 0 saturated heterocycles. The zero-order valence-corrected chi connectivity index (χ0v) is 7.77. The Morgan fingerprint density at radius 3 is 3.14 bits per heavy atom. The van der Waals surface area contributed by atoms with Crippen LogP contribution in [-0.2, 0) is 9.59 Å². The van der Waals surface area contributed by atoms with Crippen LogP contribution in [0.1, 0.15) is 19.3 Å². The Bertz CT molecular complexity index is 265. The first-order valence-corrected chi connectivity index (χ1v) is 4.48. The number of aliphatic carboxylic acids is 1. The average molecular weight is 200 g/mol. The second kappa shape index (κ2) is 4.71. The molecule has 14 heavy (non-hydrogen) atoms. The van der Waals surface area contributed by atoms with Crippen LogP contribution in [0, 0.1) is 5.92 Å². The van der Waals surface area contributed by atoms with Crippen molar-refractivity contribution in [2.24, 2.45) is 11.0 Å². The number of nitrogens with one attached hydrogen (secondary N) is 1. The van der Waals surface area contributed by atoms with E-state index >= 15 is 0 Å². The molecule has 0 saturated carbocycles. The first kappa shape index (κ1) is 10.6. The molecule has 0 aromatic heterocycles. The molecule has 6 nitrogen and oxygen atoms in total. The van der Waals surface area contributed by atoms with Crippen molar-refractivity contribution in [1.29, 1.82) is 0 Å². The molecule has 0 fully saturated rings. The van der Waals surface area contributed by atoms with Crippen molar-refractivity contribution >= 4 is 18.1 Å². The summed E-state index contributed by atoms with van der Waals surface area (Å²) in [6.45, 7) is 0. The van der Waals surface area contributed by atoms with Gasteiger partial charge in [0.1, 0.15) is 0 Å². The summed E-state index contributed by atoms with van der Waals surface area (Å²) < 4.78 is 0. The van der Waals surface area contributed by atoms with E-state index < -0.39 is 12.0 Å². The molecule has 1 rings (SSSR count). The number of nitrogens with zero attached hydrogens (tertiary/aromatic N) is 1. The highest BCUT2D eigenvalue weighted by molar-refractivity contribution is 5.84. The Hall–Kier alpha value is -1.43. The highest BCUT2D eigenvalue weighted by atomic mass is 16.4. The van der Waals surface area contributed by atoms with Crippen molar-refractivity contribution in [2.75, 3.05) is 0 Å². The second-order valence-corrected chi connectivity index (χ2v) is 3.33. The van der Waals surface area contributed by atoms with E-state index in [1.807, 2.05) is 0 Å². The van der Waals surface area contributed by atoms with Gasteiger partial charge in [-0.05, 0) is 12.8 Å². The van der Waals surface area contributed by atoms with E-state index in [0.29, 0.717) is 19.3 Å². The lowest BCUT2D eigenvalue weighted by Gasteiger charge is -2.16. The van der Waals surface area contributed by atoms with Gasteiger partial charge in [0.15, 0.2) is 6.04 Å². The van der Waals surface area contributed by atoms with Crippen molar-refractivity contribution in [2.45, 2.75) is 25.3 Å². The summed E-state index contributed by atoms with van der Waals surface area (Å²) >= 11 is 0. The minimum absolute atomic E-state index is 0.134. The van der Waals surface area contributed by atoms with Crippen molar-refractivity contribution in [3.63, 3.8) is 0 Å². The fraction of sp³-hybridized carbons (Fsp3) is 0.625. The molecule has 2 atom stereocenters. The minimum Gasteiger partial charge on any atom is -0.477 e. The van der Waals surface area contributed by atoms with Crippen LogP contribution >= 0.6 is 0 Å². The summed E-state index contributed by atoms with van der Waals surface area (Å²) in [4.78, 5) is 21.6. The van der Waals surface area contributed by atoms with Crippen LogP contribution in [0.4, 0.5) is 0 Å². The van der Waals surface area contributed by atoms with Gasteiger partial charge in [0.2, 0.25) is 5.91 Å². The number of carbonyl (C=O) groups excluding carboxylic acids is 1. The third kappa shape index (κ3) is 2.81. The van der Waals surface area contributed by atoms with E-state index in [0.717, 1.165) is 0 Å². The van der Waals surface area contributed by atoms with Crippen LogP contribution in [0.25, 0.3) is 0 Å². The Balaban J connectivity index is 2.34. The number of hydrogen-bond donors (Lipinski definition) is 3. The van der Waals surface area contributed by atoms with E-state index in [1.54, 1.807) is 6.21 Å². The summed E-state index contributed by atoms with van der Waals surface area (Å²) in [5.41, 5.74) is 5.83. The third-order valence-corrected chi connectivity index (χ3v) is 2.24. The summed E-state index contributed by atoms with van der Waals surface area (Å²) in [5.74, 6) is -1.21. The first-order valence-electron chi connectivity index (χ1n) is 4.48. The number of carbonyl (C=O) groups is 2. The van der Waals surface area contributed by atoms with E-state index in [9.17, 15) is 9.59 Å². The molecule has 0 radical (unpaired) electrons. The largest absolute Gasteiger partial charge is 0.477 e. The molecule has 0 aromatic carbocycles. The van der Waals surface area contributed by atoms with Gasteiger partial charge in [-0.2, -0.15) is 5.10 Å². The number of quaternary nitrogens is 1. The van der Waals surface area contributed by atoms with Gasteiger partial charge in [-0.15, -0.1) is 0 Å². The van der Waals surface area contributed by atoms with E-state index in [1.165, 1.54) is 0 Å². The molecule has 0 bridgehead atoms. The van der Waals surface area contributed by atoms with Crippen LogP contribution in [0.3, 0.4) is 0 Å². The second-order valence-electron chi connectivity index (χ2n) is 3.33. The SMILES string of the molecule is [NH3+]C(CCC1CC=NNC1=O)C(=O)O. The number of carboxylic acid groups (broad SMARTS) is 1. The third-order valence-electron chi connectivity index (χ3n) is 2.24. The summed E-state index contributed by atoms with van der Waals surface area (Å²) in [5, 5.41) is 12.2. The van der Waals surface area contributed by atoms with E-state index in [4.69, 9.17) is 5.11 Å². The minimum atomic E-state index is -0.921. The molecule has 0 spiro atoms. The summed E-state index contributed by atoms with van der Waals surface area (Å²) in [6, 6.07) is -0.637. The summed E-state index contributed by atoms with van der Waals surface area (Å²) in [6.07, 6.45) is 3.17. The van der Waals surface area contributed by atoms with Gasteiger partial charge in [0.25, 0.3) is 0 Å². The van der Waals surface area contributed by atoms with Gasteiger partial charge in [-0.3, -0.25) is 4.79 Å². The number of carboxylic acids is 1. The number of hydrazone groups is 1.